The number of hydrogen-bond donors (Lipinski definition) is 0. The molecule has 23 nitrogen and oxygen atoms in total. The maximum atomic E-state index is 14.7. The summed E-state index contributed by atoms with van der Waals surface area (Å²) in [5.41, 5.74) is -1.54. The summed E-state index contributed by atoms with van der Waals surface area (Å²) in [6, 6.07) is 7.83. The molecule has 2 aliphatic rings. The number of fused-ring (bicyclic) bond motifs is 6. The molecule has 0 bridgehead atoms. The van der Waals surface area contributed by atoms with Crippen LogP contribution in [0.2, 0.25) is 0 Å². The van der Waals surface area contributed by atoms with Crippen molar-refractivity contribution in [2.75, 3.05) is 37.5 Å². The van der Waals surface area contributed by atoms with Crippen LogP contribution in [0.4, 0.5) is 28.9 Å². The fourth-order valence-corrected chi connectivity index (χ4v) is 14.5. The lowest BCUT2D eigenvalue weighted by atomic mass is 9.74. The maximum absolute atomic E-state index is 14.7. The molecule has 2 aliphatic heterocycles. The summed E-state index contributed by atoms with van der Waals surface area (Å²) in [6.07, 6.45) is 3.18. The van der Waals surface area contributed by atoms with Gasteiger partial charge in [0.1, 0.15) is 62.0 Å². The van der Waals surface area contributed by atoms with Gasteiger partial charge < -0.3 is 41.7 Å². The van der Waals surface area contributed by atoms with Crippen molar-refractivity contribution in [1.82, 2.24) is 0 Å². The number of likely N-dealkylation sites (N-methyl/N-ethyl adjacent to an activating group) is 1. The van der Waals surface area contributed by atoms with Crippen LogP contribution in [-0.2, 0) is 81.1 Å². The number of ether oxygens (including phenoxy) is 2. The number of anilines is 1. The number of carbonyl (C=O) groups excluding carboxylic acids is 1. The molecule has 5 aromatic rings. The van der Waals surface area contributed by atoms with Gasteiger partial charge in [-0.2, -0.15) is 13.4 Å². The Bertz CT molecular complexity index is 4320. The van der Waals surface area contributed by atoms with E-state index in [1.165, 1.54) is 49.6 Å². The van der Waals surface area contributed by atoms with Crippen LogP contribution >= 0.6 is 0 Å². The third-order valence-corrected chi connectivity index (χ3v) is 19.3. The zero-order chi connectivity index (χ0) is 61.2. The molecule has 7 rings (SSSR count). The van der Waals surface area contributed by atoms with E-state index in [4.69, 9.17) is 4.74 Å². The van der Waals surface area contributed by atoms with E-state index in [-0.39, 0.29) is 102 Å². The minimum absolute atomic E-state index is 0.0200. The highest BCUT2D eigenvalue weighted by Crippen LogP contribution is 2.54. The van der Waals surface area contributed by atoms with Crippen LogP contribution in [0.25, 0.3) is 21.5 Å². The predicted molar refractivity (Wildman–Crippen MR) is 273 cm³/mol. The number of benzene rings is 5. The van der Waals surface area contributed by atoms with Crippen LogP contribution in [0.3, 0.4) is 0 Å². The smallest absolute Gasteiger partial charge is 0.311 e. The van der Waals surface area contributed by atoms with Crippen LogP contribution in [0.1, 0.15) is 76.8 Å². The zero-order valence-corrected chi connectivity index (χ0v) is 48.0. The second-order valence-corrected chi connectivity index (χ2v) is 27.7. The Hall–Kier alpha value is -5.82. The number of nitrogens with zero attached hydrogens (tertiary/aromatic N) is 2. The minimum Gasteiger partial charge on any atom is -0.748 e. The number of hydrogen-bond acceptors (Lipinski definition) is 22. The molecule has 0 N–H and O–H groups in total. The maximum Gasteiger partial charge on any atom is 0.311 e. The molecule has 0 radical (unpaired) electrons. The van der Waals surface area contributed by atoms with Gasteiger partial charge in [0.25, 0.3) is 0 Å². The van der Waals surface area contributed by atoms with Crippen molar-refractivity contribution in [3.63, 3.8) is 0 Å². The Labute approximate surface area is 468 Å². The van der Waals surface area contributed by atoms with Crippen molar-refractivity contribution in [3.05, 3.63) is 107 Å². The molecule has 0 saturated heterocycles. The molecule has 2 heterocycles. The Kier molecular flexibility index (Phi) is 17.6. The largest absolute Gasteiger partial charge is 0.748 e. The molecular formula is C49H45F4N2O21S6-5. The first-order chi connectivity index (χ1) is 37.7. The summed E-state index contributed by atoms with van der Waals surface area (Å²) < 4.78 is 291. The number of rotatable bonds is 22. The number of esters is 1. The number of allylic oxidation sites excluding steroid dienone is 4. The molecule has 0 fully saturated rings. The number of unbranched alkanes of at least 4 members (excludes halogenated alkanes) is 2. The number of halogens is 4. The third-order valence-electron chi connectivity index (χ3n) is 14.2. The summed E-state index contributed by atoms with van der Waals surface area (Å²) >= 11 is 0. The molecule has 0 saturated carbocycles. The van der Waals surface area contributed by atoms with Crippen molar-refractivity contribution < 1.29 is 114 Å². The van der Waals surface area contributed by atoms with Crippen molar-refractivity contribution in [2.24, 2.45) is 0 Å². The van der Waals surface area contributed by atoms with Crippen LogP contribution in [-0.4, -0.2) is 127 Å². The van der Waals surface area contributed by atoms with E-state index < -0.39 is 143 Å². The summed E-state index contributed by atoms with van der Waals surface area (Å²) in [7, 11) is -31.5. The summed E-state index contributed by atoms with van der Waals surface area (Å²) in [5, 5.41) is -0.974. The van der Waals surface area contributed by atoms with E-state index in [1.807, 2.05) is 0 Å². The van der Waals surface area contributed by atoms with E-state index in [9.17, 15) is 100 Å². The second-order valence-electron chi connectivity index (χ2n) is 19.4. The topological polar surface area (TPSA) is 385 Å². The number of carbonyl (C=O) groups is 1. The van der Waals surface area contributed by atoms with Crippen LogP contribution in [0, 0.1) is 23.3 Å². The average molecular weight is 1270 g/mol. The lowest BCUT2D eigenvalue weighted by molar-refractivity contribution is -0.438. The van der Waals surface area contributed by atoms with Gasteiger partial charge in [0.2, 0.25) is 23.1 Å². The first kappa shape index (κ1) is 63.8. The molecule has 0 aromatic heterocycles. The second kappa shape index (κ2) is 22.6. The molecule has 2 unspecified atom stereocenters. The standard InChI is InChI=1S/C49H50F4N2O21S6/c1-5-54-33-16-14-29-31(23-27(78(60,61)62)25-35(29)80(66,67)68)40(33)48(2,18-10-22-77(57,58)59)37(54)11-9-12-38-49(3,19-21-75-4)41-32-24-28(79(63,64)65)26-36(81(69,70)71)30(32)15-17-34(41)55(38)20-8-6-7-13-39(56)76-46-42(50)44(52)47(82(72,73)74)45(53)43(46)51/h9,11-12,14-17,23-26H,5-8,10,13,18-22H2,1-4H3,(H5-,57,58,59,60,61,62,63,64,65,66,67,68,69,70,71,72,73,74)/p-5. The Morgan fingerprint density at radius 1 is 0.634 bits per heavy atom. The van der Waals surface area contributed by atoms with Gasteiger partial charge in [-0.05, 0) is 117 Å². The minimum atomic E-state index is -6.08. The summed E-state index contributed by atoms with van der Waals surface area (Å²) in [4.78, 5) is 7.66. The Morgan fingerprint density at radius 3 is 1.66 bits per heavy atom. The molecule has 5 aromatic carbocycles. The summed E-state index contributed by atoms with van der Waals surface area (Å²) in [5.74, 6) is -14.6. The van der Waals surface area contributed by atoms with Gasteiger partial charge in [0.05, 0.1) is 35.1 Å². The van der Waals surface area contributed by atoms with Gasteiger partial charge in [0.15, 0.2) is 17.3 Å². The molecule has 2 atom stereocenters. The molecular weight excluding hydrogens is 1220 g/mol. The molecule has 82 heavy (non-hydrogen) atoms. The van der Waals surface area contributed by atoms with E-state index in [2.05, 4.69) is 4.74 Å². The fraction of sp³-hybridized carbons (Fsp3) is 0.347. The molecule has 0 amide bonds. The van der Waals surface area contributed by atoms with Crippen molar-refractivity contribution in [3.8, 4) is 5.75 Å². The van der Waals surface area contributed by atoms with Gasteiger partial charge in [-0.25, -0.2) is 59.3 Å². The highest BCUT2D eigenvalue weighted by Gasteiger charge is 2.49. The average Bonchev–Trinajstić information content (AvgIpc) is 2.92. The van der Waals surface area contributed by atoms with Gasteiger partial charge >= 0.3 is 5.97 Å². The Balaban J connectivity index is 1.39. The fourth-order valence-electron chi connectivity index (χ4n) is 10.7. The Morgan fingerprint density at radius 2 is 1.17 bits per heavy atom. The van der Waals surface area contributed by atoms with E-state index >= 15 is 0 Å². The SMILES string of the molecule is CCN1/C(=C/C=C/C2=[N+](CCCCCC(=O)Oc3c(F)c(F)c(S(=O)(=O)[O-])c(F)c3F)c3ccc4c(S(=O)(=O)[O-])cc(S(=O)(=O)[O-])cc4c3C2(C)CCOC)C(C)(CCCS(=O)(=O)[O-])c2c1ccc1c(S(=O)(=O)[O-])cc(S(=O)(=O)[O-])cc21. The number of methoxy groups -OCH3 is 1. The van der Waals surface area contributed by atoms with Gasteiger partial charge in [-0.1, -0.05) is 12.1 Å². The molecule has 446 valence electrons. The monoisotopic (exact) mass is 1270 g/mol. The van der Waals surface area contributed by atoms with Gasteiger partial charge in [-0.15, -0.1) is 0 Å². The molecule has 0 aliphatic carbocycles. The lowest BCUT2D eigenvalue weighted by Crippen LogP contribution is -2.33. The van der Waals surface area contributed by atoms with E-state index in [0.717, 1.165) is 12.1 Å². The zero-order valence-electron chi connectivity index (χ0n) is 43.1. The first-order valence-corrected chi connectivity index (χ1v) is 32.7. The van der Waals surface area contributed by atoms with Crippen LogP contribution in [0.15, 0.2) is 96.9 Å². The molecule has 0 spiro atoms. The van der Waals surface area contributed by atoms with Crippen LogP contribution in [0.5, 0.6) is 5.75 Å². The predicted octanol–water partition coefficient (Wildman–Crippen LogP) is 5.19. The summed E-state index contributed by atoms with van der Waals surface area (Å²) in [6.45, 7) is 4.80. The van der Waals surface area contributed by atoms with E-state index in [1.54, 1.807) is 30.2 Å². The van der Waals surface area contributed by atoms with Crippen LogP contribution < -0.4 is 9.64 Å². The normalized spacial score (nSPS) is 18.6. The third kappa shape index (κ3) is 12.4. The quantitative estimate of drug-likeness (QED) is 0.0163. The first-order valence-electron chi connectivity index (χ1n) is 24.0. The van der Waals surface area contributed by atoms with Crippen molar-refractivity contribution in [2.45, 2.75) is 101 Å². The van der Waals surface area contributed by atoms with Crippen molar-refractivity contribution >= 4 is 105 Å². The van der Waals surface area contributed by atoms with E-state index in [0.29, 0.717) is 23.5 Å². The highest BCUT2D eigenvalue weighted by molar-refractivity contribution is 7.87. The van der Waals surface area contributed by atoms with Gasteiger partial charge in [-0.3, -0.25) is 4.79 Å². The van der Waals surface area contributed by atoms with Crippen molar-refractivity contribution in [1.29, 1.82) is 0 Å². The highest BCUT2D eigenvalue weighted by atomic mass is 32.2. The lowest BCUT2D eigenvalue weighted by Gasteiger charge is -2.31. The van der Waals surface area contributed by atoms with Gasteiger partial charge in [0, 0.05) is 78.7 Å². The molecule has 33 heteroatoms.